The molecule has 2 rings (SSSR count). The molecule has 2 nitrogen and oxygen atoms in total. The first-order valence-electron chi connectivity index (χ1n) is 6.59. The van der Waals surface area contributed by atoms with E-state index in [9.17, 15) is 9.18 Å². The number of hydrogen-bond donors (Lipinski definition) is 0. The largest absolute Gasteiger partial charge is 0.491 e. The molecule has 0 aliphatic carbocycles. The van der Waals surface area contributed by atoms with E-state index in [1.54, 1.807) is 42.5 Å². The van der Waals surface area contributed by atoms with Crippen LogP contribution in [0, 0.1) is 5.82 Å². The van der Waals surface area contributed by atoms with E-state index in [-0.39, 0.29) is 24.1 Å². The fourth-order valence-corrected chi connectivity index (χ4v) is 1.91. The number of benzene rings is 2. The van der Waals surface area contributed by atoms with E-state index in [0.29, 0.717) is 11.1 Å². The quantitative estimate of drug-likeness (QED) is 0.768. The molecule has 0 aromatic heterocycles. The summed E-state index contributed by atoms with van der Waals surface area (Å²) in [6, 6.07) is 13.3. The van der Waals surface area contributed by atoms with Crippen molar-refractivity contribution < 1.29 is 13.9 Å². The summed E-state index contributed by atoms with van der Waals surface area (Å²) in [6.07, 6.45) is 0.159. The summed E-state index contributed by atoms with van der Waals surface area (Å²) >= 11 is 0. The second-order valence-corrected chi connectivity index (χ2v) is 4.88. The van der Waals surface area contributed by atoms with Crippen LogP contribution in [-0.4, -0.2) is 11.9 Å². The second-order valence-electron chi connectivity index (χ2n) is 4.88. The SMILES string of the molecule is CC(C)Oc1ccc(C(=O)Cc2ccccc2F)cc1. The molecule has 0 saturated carbocycles. The zero-order chi connectivity index (χ0) is 14.5. The Morgan fingerprint density at radius 2 is 1.75 bits per heavy atom. The zero-order valence-electron chi connectivity index (χ0n) is 11.6. The van der Waals surface area contributed by atoms with Crippen LogP contribution in [0.15, 0.2) is 48.5 Å². The van der Waals surface area contributed by atoms with Gasteiger partial charge in [0.15, 0.2) is 5.78 Å². The molecule has 0 spiro atoms. The van der Waals surface area contributed by atoms with Crippen molar-refractivity contribution in [2.45, 2.75) is 26.4 Å². The molecule has 2 aromatic carbocycles. The van der Waals surface area contributed by atoms with Crippen LogP contribution in [-0.2, 0) is 6.42 Å². The first-order chi connectivity index (χ1) is 9.56. The van der Waals surface area contributed by atoms with E-state index in [0.717, 1.165) is 5.75 Å². The molecule has 0 fully saturated rings. The van der Waals surface area contributed by atoms with E-state index < -0.39 is 0 Å². The molecule has 0 radical (unpaired) electrons. The van der Waals surface area contributed by atoms with Crippen LogP contribution in [0.5, 0.6) is 5.75 Å². The lowest BCUT2D eigenvalue weighted by Gasteiger charge is -2.10. The lowest BCUT2D eigenvalue weighted by molar-refractivity contribution is 0.0992. The standard InChI is InChI=1S/C17H17FO2/c1-12(2)20-15-9-7-13(8-10-15)17(19)11-14-5-3-4-6-16(14)18/h3-10,12H,11H2,1-2H3. The smallest absolute Gasteiger partial charge is 0.167 e. The van der Waals surface area contributed by atoms with Crippen molar-refractivity contribution in [3.05, 3.63) is 65.5 Å². The van der Waals surface area contributed by atoms with Gasteiger partial charge in [-0.1, -0.05) is 18.2 Å². The zero-order valence-corrected chi connectivity index (χ0v) is 11.6. The van der Waals surface area contributed by atoms with Crippen molar-refractivity contribution >= 4 is 5.78 Å². The Morgan fingerprint density at radius 3 is 2.35 bits per heavy atom. The van der Waals surface area contributed by atoms with Gasteiger partial charge in [0.25, 0.3) is 0 Å². The number of ketones is 1. The van der Waals surface area contributed by atoms with Gasteiger partial charge in [-0.3, -0.25) is 4.79 Å². The van der Waals surface area contributed by atoms with E-state index in [2.05, 4.69) is 0 Å². The average Bonchev–Trinajstić information content (AvgIpc) is 2.41. The van der Waals surface area contributed by atoms with Gasteiger partial charge in [-0.05, 0) is 49.7 Å². The Morgan fingerprint density at radius 1 is 1.10 bits per heavy atom. The summed E-state index contributed by atoms with van der Waals surface area (Å²) in [7, 11) is 0. The van der Waals surface area contributed by atoms with Crippen molar-refractivity contribution in [2.24, 2.45) is 0 Å². The minimum absolute atomic E-state index is 0.0665. The maximum Gasteiger partial charge on any atom is 0.167 e. The van der Waals surface area contributed by atoms with Gasteiger partial charge >= 0.3 is 0 Å². The van der Waals surface area contributed by atoms with E-state index in [4.69, 9.17) is 4.74 Å². The molecule has 20 heavy (non-hydrogen) atoms. The van der Waals surface area contributed by atoms with Crippen LogP contribution in [0.4, 0.5) is 4.39 Å². The fraction of sp³-hybridized carbons (Fsp3) is 0.235. The molecule has 3 heteroatoms. The highest BCUT2D eigenvalue weighted by molar-refractivity contribution is 5.97. The van der Waals surface area contributed by atoms with Crippen molar-refractivity contribution in [2.75, 3.05) is 0 Å². The van der Waals surface area contributed by atoms with Gasteiger partial charge in [0.05, 0.1) is 6.10 Å². The Labute approximate surface area is 118 Å². The lowest BCUT2D eigenvalue weighted by Crippen LogP contribution is -2.07. The summed E-state index contributed by atoms with van der Waals surface area (Å²) in [4.78, 5) is 12.1. The number of halogens is 1. The van der Waals surface area contributed by atoms with Gasteiger partial charge in [0, 0.05) is 12.0 Å². The van der Waals surface area contributed by atoms with Gasteiger partial charge in [-0.25, -0.2) is 4.39 Å². The summed E-state index contributed by atoms with van der Waals surface area (Å²) in [5, 5.41) is 0. The molecule has 0 aliphatic rings. The molecule has 0 saturated heterocycles. The van der Waals surface area contributed by atoms with Crippen LogP contribution in [0.3, 0.4) is 0 Å². The van der Waals surface area contributed by atoms with Crippen LogP contribution < -0.4 is 4.74 Å². The summed E-state index contributed by atoms with van der Waals surface area (Å²) < 4.78 is 19.0. The molecule has 0 aliphatic heterocycles. The minimum Gasteiger partial charge on any atom is -0.491 e. The molecule has 0 amide bonds. The van der Waals surface area contributed by atoms with Crippen molar-refractivity contribution in [3.63, 3.8) is 0 Å². The Kier molecular flexibility index (Phi) is 4.51. The molecule has 2 aromatic rings. The second kappa shape index (κ2) is 6.33. The first-order valence-corrected chi connectivity index (χ1v) is 6.59. The monoisotopic (exact) mass is 272 g/mol. The molecule has 0 heterocycles. The number of carbonyl (C=O) groups excluding carboxylic acids is 1. The third-order valence-electron chi connectivity index (χ3n) is 2.86. The third-order valence-corrected chi connectivity index (χ3v) is 2.86. The average molecular weight is 272 g/mol. The molecular weight excluding hydrogens is 255 g/mol. The number of hydrogen-bond acceptors (Lipinski definition) is 2. The van der Waals surface area contributed by atoms with Crippen molar-refractivity contribution in [1.82, 2.24) is 0 Å². The van der Waals surface area contributed by atoms with Crippen LogP contribution in [0.1, 0.15) is 29.8 Å². The number of Topliss-reactive ketones (excluding diaryl/α,β-unsaturated/α-hetero) is 1. The van der Waals surface area contributed by atoms with Gasteiger partial charge in [0.2, 0.25) is 0 Å². The lowest BCUT2D eigenvalue weighted by atomic mass is 10.0. The van der Waals surface area contributed by atoms with Gasteiger partial charge in [0.1, 0.15) is 11.6 Å². The normalized spacial score (nSPS) is 10.6. The molecule has 0 bridgehead atoms. The Hall–Kier alpha value is -2.16. The third kappa shape index (κ3) is 3.67. The highest BCUT2D eigenvalue weighted by Crippen LogP contribution is 2.16. The van der Waals surface area contributed by atoms with Gasteiger partial charge < -0.3 is 4.74 Å². The Balaban J connectivity index is 2.08. The maximum atomic E-state index is 13.5. The number of carbonyl (C=O) groups is 1. The first kappa shape index (κ1) is 14.3. The predicted molar refractivity (Wildman–Crippen MR) is 76.6 cm³/mol. The molecule has 0 N–H and O–H groups in total. The number of ether oxygens (including phenoxy) is 1. The van der Waals surface area contributed by atoms with Gasteiger partial charge in [-0.2, -0.15) is 0 Å². The van der Waals surface area contributed by atoms with Crippen LogP contribution in [0.2, 0.25) is 0 Å². The summed E-state index contributed by atoms with van der Waals surface area (Å²) in [6.45, 7) is 3.88. The van der Waals surface area contributed by atoms with E-state index >= 15 is 0 Å². The predicted octanol–water partition coefficient (Wildman–Crippen LogP) is 4.04. The van der Waals surface area contributed by atoms with E-state index in [1.807, 2.05) is 13.8 Å². The topological polar surface area (TPSA) is 26.3 Å². The number of rotatable bonds is 5. The van der Waals surface area contributed by atoms with Crippen molar-refractivity contribution in [1.29, 1.82) is 0 Å². The fourth-order valence-electron chi connectivity index (χ4n) is 1.91. The molecule has 0 unspecified atom stereocenters. The highest BCUT2D eigenvalue weighted by atomic mass is 19.1. The molecular formula is C17H17FO2. The van der Waals surface area contributed by atoms with E-state index in [1.165, 1.54) is 6.07 Å². The van der Waals surface area contributed by atoms with Crippen LogP contribution in [0.25, 0.3) is 0 Å². The van der Waals surface area contributed by atoms with Gasteiger partial charge in [-0.15, -0.1) is 0 Å². The van der Waals surface area contributed by atoms with Crippen molar-refractivity contribution in [3.8, 4) is 5.75 Å². The molecule has 104 valence electrons. The molecule has 0 atom stereocenters. The summed E-state index contributed by atoms with van der Waals surface area (Å²) in [5.41, 5.74) is 0.976. The highest BCUT2D eigenvalue weighted by Gasteiger charge is 2.10. The van der Waals surface area contributed by atoms with Crippen LogP contribution >= 0.6 is 0 Å². The maximum absolute atomic E-state index is 13.5. The minimum atomic E-state index is -0.347. The summed E-state index contributed by atoms with van der Waals surface area (Å²) in [5.74, 6) is 0.272. The Bertz CT molecular complexity index is 588.